The van der Waals surface area contributed by atoms with Crippen LogP contribution in [-0.4, -0.2) is 0 Å². The zero-order valence-electron chi connectivity index (χ0n) is 9.93. The molecule has 0 unspecified atom stereocenters. The van der Waals surface area contributed by atoms with Crippen LogP contribution in [0, 0.1) is 0 Å². The minimum Gasteiger partial charge on any atom is -0.399 e. The van der Waals surface area contributed by atoms with Crippen molar-refractivity contribution in [3.8, 4) is 0 Å². The fraction of sp³-hybridized carbons (Fsp3) is 0.0769. The van der Waals surface area contributed by atoms with Crippen molar-refractivity contribution in [2.45, 2.75) is 6.18 Å². The molecule has 2 nitrogen and oxygen atoms in total. The number of hydrogen-bond acceptors (Lipinski definition) is 2. The van der Waals surface area contributed by atoms with Crippen LogP contribution in [-0.2, 0) is 6.18 Å². The summed E-state index contributed by atoms with van der Waals surface area (Å²) in [5.41, 5.74) is 4.59. The summed E-state index contributed by atoms with van der Waals surface area (Å²) in [5.74, 6) is 0. The second-order valence-electron chi connectivity index (χ2n) is 4.02. The SMILES string of the molecule is Nc1ccc(Nc2c(Cl)cccc2Cl)c(C(F)(F)F)c1. The summed E-state index contributed by atoms with van der Waals surface area (Å²) in [6.07, 6.45) is -4.54. The highest BCUT2D eigenvalue weighted by molar-refractivity contribution is 6.39. The molecule has 0 amide bonds. The molecule has 0 aromatic heterocycles. The molecule has 0 fully saturated rings. The van der Waals surface area contributed by atoms with Crippen LogP contribution < -0.4 is 11.1 Å². The molecule has 0 saturated heterocycles. The average molecular weight is 321 g/mol. The van der Waals surface area contributed by atoms with Crippen LogP contribution >= 0.6 is 23.2 Å². The first-order valence-corrected chi connectivity index (χ1v) is 6.22. The molecule has 20 heavy (non-hydrogen) atoms. The van der Waals surface area contributed by atoms with Crippen molar-refractivity contribution >= 4 is 40.3 Å². The summed E-state index contributed by atoms with van der Waals surface area (Å²) in [7, 11) is 0. The van der Waals surface area contributed by atoms with Crippen LogP contribution in [0.5, 0.6) is 0 Å². The number of hydrogen-bond donors (Lipinski definition) is 2. The second kappa shape index (κ2) is 5.42. The molecule has 2 rings (SSSR count). The topological polar surface area (TPSA) is 38.0 Å². The van der Waals surface area contributed by atoms with Gasteiger partial charge in [-0.25, -0.2) is 0 Å². The number of para-hydroxylation sites is 1. The van der Waals surface area contributed by atoms with E-state index in [1.54, 1.807) is 6.07 Å². The molecule has 3 N–H and O–H groups in total. The van der Waals surface area contributed by atoms with E-state index in [-0.39, 0.29) is 27.1 Å². The molecule has 7 heteroatoms. The minimum atomic E-state index is -4.54. The third kappa shape index (κ3) is 3.11. The van der Waals surface area contributed by atoms with E-state index < -0.39 is 11.7 Å². The van der Waals surface area contributed by atoms with Gasteiger partial charge in [-0.3, -0.25) is 0 Å². The van der Waals surface area contributed by atoms with Crippen LogP contribution in [0.15, 0.2) is 36.4 Å². The predicted molar refractivity (Wildman–Crippen MR) is 75.6 cm³/mol. The molecule has 106 valence electrons. The number of halogens is 5. The first kappa shape index (κ1) is 14.8. The normalized spacial score (nSPS) is 11.4. The molecule has 0 radical (unpaired) electrons. The van der Waals surface area contributed by atoms with Crippen LogP contribution in [0.25, 0.3) is 0 Å². The first-order chi connectivity index (χ1) is 9.29. The van der Waals surface area contributed by atoms with E-state index in [1.807, 2.05) is 0 Å². The van der Waals surface area contributed by atoms with E-state index >= 15 is 0 Å². The number of alkyl halides is 3. The lowest BCUT2D eigenvalue weighted by atomic mass is 10.1. The Morgan fingerprint density at radius 2 is 1.60 bits per heavy atom. The summed E-state index contributed by atoms with van der Waals surface area (Å²) < 4.78 is 38.9. The van der Waals surface area contributed by atoms with E-state index in [0.29, 0.717) is 0 Å². The highest BCUT2D eigenvalue weighted by Crippen LogP contribution is 2.39. The Kier molecular flexibility index (Phi) is 4.01. The fourth-order valence-corrected chi connectivity index (χ4v) is 2.15. The van der Waals surface area contributed by atoms with Crippen molar-refractivity contribution in [3.63, 3.8) is 0 Å². The van der Waals surface area contributed by atoms with E-state index in [1.165, 1.54) is 24.3 Å². The summed E-state index contributed by atoms with van der Waals surface area (Å²) >= 11 is 11.8. The standard InChI is InChI=1S/C13H9Cl2F3N2/c14-9-2-1-3-10(15)12(9)20-11-5-4-7(19)6-8(11)13(16,17)18/h1-6,20H,19H2. The fourth-order valence-electron chi connectivity index (χ4n) is 1.66. The monoisotopic (exact) mass is 320 g/mol. The Labute approximate surface area is 123 Å². The number of benzene rings is 2. The maximum Gasteiger partial charge on any atom is 0.418 e. The molecular weight excluding hydrogens is 312 g/mol. The average Bonchev–Trinajstić information content (AvgIpc) is 2.34. The second-order valence-corrected chi connectivity index (χ2v) is 4.84. The number of nitrogens with one attached hydrogen (secondary N) is 1. The van der Waals surface area contributed by atoms with Crippen molar-refractivity contribution in [2.75, 3.05) is 11.1 Å². The highest BCUT2D eigenvalue weighted by Gasteiger charge is 2.34. The molecule has 0 aliphatic heterocycles. The van der Waals surface area contributed by atoms with Crippen LogP contribution in [0.1, 0.15) is 5.56 Å². The van der Waals surface area contributed by atoms with Crippen LogP contribution in [0.2, 0.25) is 10.0 Å². The lowest BCUT2D eigenvalue weighted by Gasteiger charge is -2.16. The number of anilines is 3. The minimum absolute atomic E-state index is 0.0214. The summed E-state index contributed by atoms with van der Waals surface area (Å²) in [4.78, 5) is 0. The van der Waals surface area contributed by atoms with Gasteiger partial charge in [0.1, 0.15) is 0 Å². The Bertz CT molecular complexity index is 622. The molecule has 0 spiro atoms. The zero-order valence-corrected chi connectivity index (χ0v) is 11.4. The van der Waals surface area contributed by atoms with Gasteiger partial charge in [0.05, 0.1) is 27.0 Å². The van der Waals surface area contributed by atoms with Gasteiger partial charge in [0.15, 0.2) is 0 Å². The van der Waals surface area contributed by atoms with E-state index in [9.17, 15) is 13.2 Å². The van der Waals surface area contributed by atoms with Gasteiger partial charge in [-0.1, -0.05) is 29.3 Å². The lowest BCUT2D eigenvalue weighted by molar-refractivity contribution is -0.136. The van der Waals surface area contributed by atoms with Crippen molar-refractivity contribution in [2.24, 2.45) is 0 Å². The van der Waals surface area contributed by atoms with Crippen LogP contribution in [0.4, 0.5) is 30.2 Å². The van der Waals surface area contributed by atoms with Gasteiger partial charge in [-0.05, 0) is 30.3 Å². The molecule has 2 aromatic rings. The van der Waals surface area contributed by atoms with E-state index in [2.05, 4.69) is 5.32 Å². The molecular formula is C13H9Cl2F3N2. The zero-order chi connectivity index (χ0) is 14.9. The maximum absolute atomic E-state index is 13.0. The molecule has 0 aliphatic carbocycles. The van der Waals surface area contributed by atoms with E-state index in [0.717, 1.165) is 6.07 Å². The van der Waals surface area contributed by atoms with Gasteiger partial charge in [0.25, 0.3) is 0 Å². The van der Waals surface area contributed by atoms with Gasteiger partial charge in [-0.15, -0.1) is 0 Å². The molecule has 0 atom stereocenters. The van der Waals surface area contributed by atoms with Gasteiger partial charge in [0.2, 0.25) is 0 Å². The summed E-state index contributed by atoms with van der Waals surface area (Å²) in [6, 6.07) is 8.11. The largest absolute Gasteiger partial charge is 0.418 e. The Morgan fingerprint density at radius 1 is 1.00 bits per heavy atom. The predicted octanol–water partition coefficient (Wildman–Crippen LogP) is 5.34. The van der Waals surface area contributed by atoms with Crippen molar-refractivity contribution < 1.29 is 13.2 Å². The molecule has 0 aliphatic rings. The van der Waals surface area contributed by atoms with Crippen molar-refractivity contribution in [1.29, 1.82) is 0 Å². The first-order valence-electron chi connectivity index (χ1n) is 5.47. The van der Waals surface area contributed by atoms with Crippen molar-refractivity contribution in [1.82, 2.24) is 0 Å². The summed E-state index contributed by atoms with van der Waals surface area (Å²) in [5, 5.41) is 3.05. The molecule has 0 heterocycles. The number of rotatable bonds is 2. The van der Waals surface area contributed by atoms with Crippen molar-refractivity contribution in [3.05, 3.63) is 52.0 Å². The van der Waals surface area contributed by atoms with Gasteiger partial charge < -0.3 is 11.1 Å². The van der Waals surface area contributed by atoms with Crippen LogP contribution in [0.3, 0.4) is 0 Å². The Balaban J connectivity index is 2.49. The maximum atomic E-state index is 13.0. The highest BCUT2D eigenvalue weighted by atomic mass is 35.5. The van der Waals surface area contributed by atoms with Gasteiger partial charge in [-0.2, -0.15) is 13.2 Å². The molecule has 0 bridgehead atoms. The third-order valence-electron chi connectivity index (χ3n) is 2.57. The number of nitrogens with two attached hydrogens (primary N) is 1. The quantitative estimate of drug-likeness (QED) is 0.733. The summed E-state index contributed by atoms with van der Waals surface area (Å²) in [6.45, 7) is 0. The Morgan fingerprint density at radius 3 is 2.15 bits per heavy atom. The molecule has 0 saturated carbocycles. The smallest absolute Gasteiger partial charge is 0.399 e. The van der Waals surface area contributed by atoms with E-state index in [4.69, 9.17) is 28.9 Å². The van der Waals surface area contributed by atoms with Gasteiger partial charge in [0, 0.05) is 5.69 Å². The lowest BCUT2D eigenvalue weighted by Crippen LogP contribution is -2.09. The third-order valence-corrected chi connectivity index (χ3v) is 3.20. The Hall–Kier alpha value is -1.59. The molecule has 2 aromatic carbocycles. The van der Waals surface area contributed by atoms with Gasteiger partial charge >= 0.3 is 6.18 Å². The number of nitrogen functional groups attached to an aromatic ring is 1.